The predicted molar refractivity (Wildman–Crippen MR) is 152 cm³/mol. The van der Waals surface area contributed by atoms with E-state index in [4.69, 9.17) is 4.74 Å². The maximum atomic E-state index is 13.3. The largest absolute Gasteiger partial charge is 0.478 e. The summed E-state index contributed by atoms with van der Waals surface area (Å²) < 4.78 is 5.74. The molecule has 0 spiro atoms. The average molecular weight is 521 g/mol. The second-order valence-electron chi connectivity index (χ2n) is 11.0. The van der Waals surface area contributed by atoms with Crippen LogP contribution in [0.15, 0.2) is 91.1 Å². The molecule has 0 amide bonds. The van der Waals surface area contributed by atoms with Crippen LogP contribution in [0, 0.1) is 5.92 Å². The van der Waals surface area contributed by atoms with Crippen LogP contribution in [0.1, 0.15) is 65.6 Å². The Morgan fingerprint density at radius 3 is 2.21 bits per heavy atom. The normalized spacial score (nSPS) is 13.1. The van der Waals surface area contributed by atoms with Crippen molar-refractivity contribution in [2.24, 2.45) is 5.92 Å². The molecule has 5 rings (SSSR count). The van der Waals surface area contributed by atoms with Crippen LogP contribution < -0.4 is 9.64 Å². The summed E-state index contributed by atoms with van der Waals surface area (Å²) in [5.41, 5.74) is 3.77. The monoisotopic (exact) mass is 520 g/mol. The first-order valence-electron chi connectivity index (χ1n) is 13.2. The Morgan fingerprint density at radius 2 is 1.62 bits per heavy atom. The first kappa shape index (κ1) is 26.2. The van der Waals surface area contributed by atoms with Gasteiger partial charge >= 0.3 is 5.97 Å². The highest BCUT2D eigenvalue weighted by atomic mass is 16.5. The van der Waals surface area contributed by atoms with Gasteiger partial charge in [0.15, 0.2) is 0 Å². The molecule has 0 saturated heterocycles. The van der Waals surface area contributed by atoms with Gasteiger partial charge in [-0.3, -0.25) is 9.78 Å². The molecular weight excluding hydrogens is 488 g/mol. The number of anilines is 2. The Bertz CT molecular complexity index is 1470. The van der Waals surface area contributed by atoms with E-state index in [2.05, 4.69) is 54.9 Å². The highest BCUT2D eigenvalue weighted by Crippen LogP contribution is 2.36. The van der Waals surface area contributed by atoms with Crippen molar-refractivity contribution in [3.8, 4) is 11.5 Å². The van der Waals surface area contributed by atoms with Crippen molar-refractivity contribution in [3.05, 3.63) is 114 Å². The molecule has 1 heterocycles. The zero-order valence-corrected chi connectivity index (χ0v) is 22.4. The van der Waals surface area contributed by atoms with Gasteiger partial charge in [-0.05, 0) is 84.3 Å². The SMILES string of the molecule is CC(C)(C)c1ccc(N(CC2CC2)c2ccc(C(=O)c3ccc(Oc4ccccc4)c(C(=O)O)c3)nc2)cc1. The van der Waals surface area contributed by atoms with Gasteiger partial charge in [-0.2, -0.15) is 0 Å². The smallest absolute Gasteiger partial charge is 0.339 e. The highest BCUT2D eigenvalue weighted by molar-refractivity contribution is 6.09. The number of nitrogens with zero attached hydrogens (tertiary/aromatic N) is 2. The van der Waals surface area contributed by atoms with Crippen LogP contribution in [0.25, 0.3) is 0 Å². The van der Waals surface area contributed by atoms with Gasteiger partial charge in [0.1, 0.15) is 22.8 Å². The molecule has 39 heavy (non-hydrogen) atoms. The molecule has 1 aromatic heterocycles. The zero-order chi connectivity index (χ0) is 27.6. The quantitative estimate of drug-likeness (QED) is 0.228. The lowest BCUT2D eigenvalue weighted by Gasteiger charge is -2.26. The van der Waals surface area contributed by atoms with E-state index in [-0.39, 0.29) is 33.8 Å². The van der Waals surface area contributed by atoms with Gasteiger partial charge < -0.3 is 14.7 Å². The van der Waals surface area contributed by atoms with E-state index in [1.54, 1.807) is 42.6 Å². The Balaban J connectivity index is 1.38. The Hall–Kier alpha value is -4.45. The second kappa shape index (κ2) is 10.7. The summed E-state index contributed by atoms with van der Waals surface area (Å²) in [6.07, 6.45) is 4.16. The maximum absolute atomic E-state index is 13.3. The molecule has 1 N–H and O–H groups in total. The molecule has 1 aliphatic carbocycles. The molecule has 0 bridgehead atoms. The third-order valence-electron chi connectivity index (χ3n) is 6.92. The fraction of sp³-hybridized carbons (Fsp3) is 0.242. The van der Waals surface area contributed by atoms with E-state index in [1.807, 2.05) is 12.1 Å². The van der Waals surface area contributed by atoms with Gasteiger partial charge in [0.05, 0.1) is 11.9 Å². The molecule has 1 fully saturated rings. The minimum absolute atomic E-state index is 0.0792. The molecule has 0 aliphatic heterocycles. The third kappa shape index (κ3) is 6.17. The van der Waals surface area contributed by atoms with Gasteiger partial charge in [-0.1, -0.05) is 51.1 Å². The summed E-state index contributed by atoms with van der Waals surface area (Å²) in [5, 5.41) is 9.75. The molecule has 4 aromatic rings. The van der Waals surface area contributed by atoms with Gasteiger partial charge in [0.25, 0.3) is 0 Å². The van der Waals surface area contributed by atoms with Gasteiger partial charge in [0.2, 0.25) is 5.78 Å². The third-order valence-corrected chi connectivity index (χ3v) is 6.92. The number of carboxylic acid groups (broad SMARTS) is 1. The van der Waals surface area contributed by atoms with Gasteiger partial charge in [-0.25, -0.2) is 4.79 Å². The molecule has 3 aromatic carbocycles. The minimum atomic E-state index is -1.17. The van der Waals surface area contributed by atoms with Crippen molar-refractivity contribution >= 4 is 23.1 Å². The molecular formula is C33H32N2O4. The van der Waals surface area contributed by atoms with E-state index in [0.717, 1.165) is 17.9 Å². The summed E-state index contributed by atoms with van der Waals surface area (Å²) >= 11 is 0. The Kier molecular flexibility index (Phi) is 7.20. The molecule has 1 aliphatic rings. The number of ether oxygens (including phenoxy) is 1. The summed E-state index contributed by atoms with van der Waals surface area (Å²) in [6.45, 7) is 7.50. The number of aromatic carboxylic acids is 1. The Labute approximate surface area is 228 Å². The fourth-order valence-electron chi connectivity index (χ4n) is 4.43. The van der Waals surface area contributed by atoms with E-state index in [0.29, 0.717) is 11.7 Å². The Morgan fingerprint density at radius 1 is 0.923 bits per heavy atom. The first-order valence-corrected chi connectivity index (χ1v) is 13.2. The van der Waals surface area contributed by atoms with Crippen LogP contribution in [0.5, 0.6) is 11.5 Å². The van der Waals surface area contributed by atoms with E-state index in [1.165, 1.54) is 30.5 Å². The standard InChI is InChI=1S/C33H32N2O4/c1-33(2,3)24-12-14-25(15-13-24)35(21-22-9-10-22)26-16-17-29(34-20-26)31(36)23-11-18-30(28(19-23)32(37)38)39-27-7-5-4-6-8-27/h4-8,11-20,22H,9-10,21H2,1-3H3,(H,37,38). The number of benzene rings is 3. The topological polar surface area (TPSA) is 79.7 Å². The van der Waals surface area contributed by atoms with E-state index in [9.17, 15) is 14.7 Å². The number of carbonyl (C=O) groups is 2. The van der Waals surface area contributed by atoms with Crippen molar-refractivity contribution in [2.75, 3.05) is 11.4 Å². The van der Waals surface area contributed by atoms with Crippen LogP contribution in [0.4, 0.5) is 11.4 Å². The second-order valence-corrected chi connectivity index (χ2v) is 11.0. The predicted octanol–water partition coefficient (Wildman–Crippen LogP) is 7.65. The van der Waals surface area contributed by atoms with E-state index >= 15 is 0 Å². The lowest BCUT2D eigenvalue weighted by Crippen LogP contribution is -2.21. The molecule has 198 valence electrons. The van der Waals surface area contributed by atoms with Crippen molar-refractivity contribution < 1.29 is 19.4 Å². The summed E-state index contributed by atoms with van der Waals surface area (Å²) in [4.78, 5) is 31.9. The number of aromatic nitrogens is 1. The maximum Gasteiger partial charge on any atom is 0.339 e. The lowest BCUT2D eigenvalue weighted by atomic mass is 9.87. The van der Waals surface area contributed by atoms with Crippen LogP contribution >= 0.6 is 0 Å². The lowest BCUT2D eigenvalue weighted by molar-refractivity contribution is 0.0694. The zero-order valence-electron chi connectivity index (χ0n) is 22.4. The van der Waals surface area contributed by atoms with Crippen molar-refractivity contribution in [1.29, 1.82) is 0 Å². The highest BCUT2D eigenvalue weighted by Gasteiger charge is 2.26. The number of hydrogen-bond acceptors (Lipinski definition) is 5. The molecule has 0 radical (unpaired) electrons. The number of hydrogen-bond donors (Lipinski definition) is 1. The number of para-hydroxylation sites is 1. The fourth-order valence-corrected chi connectivity index (χ4v) is 4.43. The van der Waals surface area contributed by atoms with E-state index < -0.39 is 5.97 Å². The average Bonchev–Trinajstić information content (AvgIpc) is 3.76. The van der Waals surface area contributed by atoms with Gasteiger partial charge in [-0.15, -0.1) is 0 Å². The molecule has 1 saturated carbocycles. The molecule has 0 unspecified atom stereocenters. The van der Waals surface area contributed by atoms with Gasteiger partial charge in [0, 0.05) is 17.8 Å². The van der Waals surface area contributed by atoms with Crippen LogP contribution in [-0.4, -0.2) is 28.4 Å². The van der Waals surface area contributed by atoms with Crippen molar-refractivity contribution in [2.45, 2.75) is 39.0 Å². The molecule has 0 atom stereocenters. The summed E-state index contributed by atoms with van der Waals surface area (Å²) in [6, 6.07) is 25.6. The summed E-state index contributed by atoms with van der Waals surface area (Å²) in [5.74, 6) is -0.188. The molecule has 6 heteroatoms. The van der Waals surface area contributed by atoms with Crippen molar-refractivity contribution in [1.82, 2.24) is 4.98 Å². The number of carboxylic acids is 1. The number of pyridine rings is 1. The van der Waals surface area contributed by atoms with Crippen LogP contribution in [-0.2, 0) is 5.41 Å². The summed E-state index contributed by atoms with van der Waals surface area (Å²) in [7, 11) is 0. The minimum Gasteiger partial charge on any atom is -0.478 e. The van der Waals surface area contributed by atoms with Crippen molar-refractivity contribution in [3.63, 3.8) is 0 Å². The van der Waals surface area contributed by atoms with Crippen LogP contribution in [0.3, 0.4) is 0 Å². The molecule has 6 nitrogen and oxygen atoms in total. The number of rotatable bonds is 9. The van der Waals surface area contributed by atoms with Crippen LogP contribution in [0.2, 0.25) is 0 Å². The number of carbonyl (C=O) groups excluding carboxylic acids is 1. The first-order chi connectivity index (χ1) is 18.7. The number of ketones is 1.